The first-order chi connectivity index (χ1) is 33.8. The van der Waals surface area contributed by atoms with Crippen molar-refractivity contribution in [2.45, 2.75) is 114 Å². The zero-order chi connectivity index (χ0) is 50.6. The molecule has 2 saturated carbocycles. The topological polar surface area (TPSA) is 225 Å². The molecule has 5 aliphatic rings. The second-order valence-electron chi connectivity index (χ2n) is 20.1. The molecule has 4 aromatic rings. The van der Waals surface area contributed by atoms with Gasteiger partial charge < -0.3 is 44.3 Å². The van der Waals surface area contributed by atoms with Gasteiger partial charge in [-0.3, -0.25) is 24.1 Å². The summed E-state index contributed by atoms with van der Waals surface area (Å²) >= 11 is 0. The maximum atomic E-state index is 15.8. The van der Waals surface area contributed by atoms with Crippen molar-refractivity contribution in [2.75, 3.05) is 13.2 Å². The molecular weight excluding hydrogens is 913 g/mol. The minimum Gasteiger partial charge on any atom is -0.460 e. The van der Waals surface area contributed by atoms with Gasteiger partial charge in [-0.2, -0.15) is 0 Å². The number of amides is 1. The molecule has 9 rings (SSSR count). The summed E-state index contributed by atoms with van der Waals surface area (Å²) in [6.07, 6.45) is -10.7. The first kappa shape index (κ1) is 49.4. The Bertz CT molecular complexity index is 2740. The lowest BCUT2D eigenvalue weighted by molar-refractivity contribution is -0.346. The second-order valence-corrected chi connectivity index (χ2v) is 20.1. The van der Waals surface area contributed by atoms with Crippen LogP contribution in [0.4, 0.5) is 0 Å². The highest BCUT2D eigenvalue weighted by molar-refractivity contribution is 5.96. The van der Waals surface area contributed by atoms with E-state index in [0.717, 1.165) is 11.1 Å². The Morgan fingerprint density at radius 2 is 1.39 bits per heavy atom. The number of esters is 4. The van der Waals surface area contributed by atoms with Crippen LogP contribution in [-0.2, 0) is 56.0 Å². The normalized spacial score (nSPS) is 30.3. The zero-order valence-electron chi connectivity index (χ0n) is 40.1. The zero-order valence-corrected chi connectivity index (χ0v) is 40.1. The van der Waals surface area contributed by atoms with Crippen LogP contribution in [0.15, 0.2) is 126 Å². The van der Waals surface area contributed by atoms with Gasteiger partial charge in [-0.1, -0.05) is 105 Å². The number of carbonyl (C=O) groups excluding carboxylic acids is 6. The van der Waals surface area contributed by atoms with E-state index in [4.69, 9.17) is 23.7 Å². The lowest BCUT2D eigenvalue weighted by Gasteiger charge is -2.67. The molecule has 11 atom stereocenters. The fourth-order valence-corrected chi connectivity index (χ4v) is 12.0. The first-order valence-corrected chi connectivity index (χ1v) is 23.8. The maximum Gasteiger partial charge on any atom is 0.338 e. The van der Waals surface area contributed by atoms with Crippen LogP contribution in [0.5, 0.6) is 0 Å². The van der Waals surface area contributed by atoms with Gasteiger partial charge in [0.05, 0.1) is 36.1 Å². The summed E-state index contributed by atoms with van der Waals surface area (Å²) in [5.41, 5.74) is -5.13. The Hall–Kier alpha value is -6.56. The number of nitrogens with zero attached hydrogens (tertiary/aromatic N) is 1. The molecule has 16 heteroatoms. The van der Waals surface area contributed by atoms with Crippen molar-refractivity contribution in [1.82, 2.24) is 10.2 Å². The number of ether oxygens (including phenoxy) is 5. The second kappa shape index (κ2) is 18.9. The third-order valence-electron chi connectivity index (χ3n) is 15.7. The van der Waals surface area contributed by atoms with Gasteiger partial charge in [0, 0.05) is 43.8 Å². The summed E-state index contributed by atoms with van der Waals surface area (Å²) in [5, 5.41) is 41.2. The maximum absolute atomic E-state index is 15.8. The fraction of sp³-hybridized carbons (Fsp3) is 0.418. The molecule has 71 heavy (non-hydrogen) atoms. The average molecular weight is 971 g/mol. The summed E-state index contributed by atoms with van der Waals surface area (Å²) in [5.74, 6) is -6.73. The molecule has 0 spiro atoms. The highest BCUT2D eigenvalue weighted by atomic mass is 16.6. The third kappa shape index (κ3) is 8.54. The third-order valence-corrected chi connectivity index (χ3v) is 15.7. The minimum atomic E-state index is -2.42. The van der Waals surface area contributed by atoms with Crippen molar-refractivity contribution >= 4 is 35.6 Å². The number of hydrogen-bond acceptors (Lipinski definition) is 15. The van der Waals surface area contributed by atoms with Crippen molar-refractivity contribution in [3.63, 3.8) is 0 Å². The molecule has 1 amide bonds. The monoisotopic (exact) mass is 970 g/mol. The summed E-state index contributed by atoms with van der Waals surface area (Å²) in [7, 11) is 0. The number of benzene rings is 4. The Labute approximate surface area is 410 Å². The molecule has 372 valence electrons. The van der Waals surface area contributed by atoms with Crippen LogP contribution in [-0.4, -0.2) is 117 Å². The molecule has 0 unspecified atom stereocenters. The SMILES string of the molecule is CC(=O)O[C@@]12CO[C@@H]1C[C@H](OC(=O)CN1Cc3ccccc3C1)[C@@]1(C)C(=O)[C@H](O)C3=C(C)[C@@H](OC(=O)[C@H](O)[C@@H](NC(=O)c4ccccc4)c4ccccc4)C[C@@](O)([C@@H](OC(=O)c4ccccc4)[C@H]21)C3(C)C. The van der Waals surface area contributed by atoms with E-state index in [1.807, 2.05) is 29.2 Å². The minimum absolute atomic E-state index is 0.0655. The molecule has 4 N–H and O–H groups in total. The van der Waals surface area contributed by atoms with E-state index in [1.54, 1.807) is 92.7 Å². The Kier molecular flexibility index (Phi) is 13.1. The molecule has 2 aliphatic heterocycles. The van der Waals surface area contributed by atoms with Gasteiger partial charge in [0.15, 0.2) is 17.5 Å². The highest BCUT2D eigenvalue weighted by Gasteiger charge is 2.78. The summed E-state index contributed by atoms with van der Waals surface area (Å²) in [4.78, 5) is 87.7. The Balaban J connectivity index is 1.14. The molecule has 1 saturated heterocycles. The van der Waals surface area contributed by atoms with Gasteiger partial charge in [0.25, 0.3) is 5.91 Å². The number of nitrogens with one attached hydrogen (secondary N) is 1. The number of Topliss-reactive ketones (excluding diaryl/α,β-unsaturated/α-hetero) is 1. The van der Waals surface area contributed by atoms with E-state index in [-0.39, 0.29) is 41.8 Å². The van der Waals surface area contributed by atoms with Crippen molar-refractivity contribution < 1.29 is 67.8 Å². The van der Waals surface area contributed by atoms with E-state index < -0.39 is 113 Å². The van der Waals surface area contributed by atoms with Crippen LogP contribution in [0.3, 0.4) is 0 Å². The molecular formula is C55H58N2O14. The van der Waals surface area contributed by atoms with E-state index >= 15 is 4.79 Å². The first-order valence-electron chi connectivity index (χ1n) is 23.8. The molecule has 4 aromatic carbocycles. The van der Waals surface area contributed by atoms with Crippen LogP contribution in [0, 0.1) is 16.7 Å². The molecule has 2 bridgehead atoms. The van der Waals surface area contributed by atoms with Crippen molar-refractivity contribution in [2.24, 2.45) is 16.7 Å². The van der Waals surface area contributed by atoms with Crippen LogP contribution >= 0.6 is 0 Å². The molecule has 0 aromatic heterocycles. The Morgan fingerprint density at radius 3 is 1.97 bits per heavy atom. The molecule has 2 heterocycles. The Morgan fingerprint density at radius 1 is 0.817 bits per heavy atom. The molecule has 3 fully saturated rings. The highest BCUT2D eigenvalue weighted by Crippen LogP contribution is 2.64. The quantitative estimate of drug-likeness (QED) is 0.0856. The summed E-state index contributed by atoms with van der Waals surface area (Å²) in [6.45, 7) is 7.73. The van der Waals surface area contributed by atoms with Crippen molar-refractivity contribution in [1.29, 1.82) is 0 Å². The fourth-order valence-electron chi connectivity index (χ4n) is 12.0. The average Bonchev–Trinajstić information content (AvgIpc) is 3.76. The van der Waals surface area contributed by atoms with Gasteiger partial charge in [0.1, 0.15) is 36.1 Å². The van der Waals surface area contributed by atoms with E-state index in [9.17, 15) is 39.3 Å². The number of carbonyl (C=O) groups is 6. The van der Waals surface area contributed by atoms with Gasteiger partial charge in [-0.25, -0.2) is 9.59 Å². The van der Waals surface area contributed by atoms with Gasteiger partial charge in [0.2, 0.25) is 0 Å². The van der Waals surface area contributed by atoms with Gasteiger partial charge >= 0.3 is 23.9 Å². The number of hydrogen-bond donors (Lipinski definition) is 4. The van der Waals surface area contributed by atoms with Crippen LogP contribution in [0.2, 0.25) is 0 Å². The van der Waals surface area contributed by atoms with Crippen LogP contribution in [0.1, 0.15) is 90.9 Å². The molecule has 3 aliphatic carbocycles. The molecule has 16 nitrogen and oxygen atoms in total. The lowest BCUT2D eigenvalue weighted by Crippen LogP contribution is -2.82. The smallest absolute Gasteiger partial charge is 0.338 e. The van der Waals surface area contributed by atoms with E-state index in [2.05, 4.69) is 5.32 Å². The number of aliphatic hydroxyl groups excluding tert-OH is 2. The van der Waals surface area contributed by atoms with E-state index in [1.165, 1.54) is 32.9 Å². The van der Waals surface area contributed by atoms with Gasteiger partial charge in [-0.05, 0) is 65.9 Å². The van der Waals surface area contributed by atoms with Crippen molar-refractivity contribution in [3.8, 4) is 0 Å². The van der Waals surface area contributed by atoms with Crippen molar-refractivity contribution in [3.05, 3.63) is 154 Å². The molecule has 0 radical (unpaired) electrons. The summed E-state index contributed by atoms with van der Waals surface area (Å²) in [6, 6.07) is 30.8. The lowest BCUT2D eigenvalue weighted by atomic mass is 9.44. The number of rotatable bonds is 12. The largest absolute Gasteiger partial charge is 0.460 e. The van der Waals surface area contributed by atoms with Gasteiger partial charge in [-0.15, -0.1) is 0 Å². The number of aliphatic hydroxyl groups is 3. The number of ketones is 1. The standard InChI is InChI=1S/C55H58N2O14/c1-31-38(68-51(65)45(61)43(33-17-9-6-10-18-33)56-49(63)34-19-11-7-12-20-34)26-55(66)48(70-50(64)35-21-13-8-14-22-35)46-53(5,47(62)44(60)42(31)52(55,3)4)39(25-40-54(46,30-67-40)71-32(2)58)69-41(59)29-57-27-36-23-15-16-24-37(36)28-57/h6-24,38-40,43-46,48,60-61,66H,25-30H2,1-5H3,(H,56,63)/t38-,39-,40+,43-,44+,45+,46-,48-,53+,54-,55+/m0/s1. The van der Waals surface area contributed by atoms with Crippen LogP contribution in [0.25, 0.3) is 0 Å². The van der Waals surface area contributed by atoms with E-state index in [0.29, 0.717) is 18.7 Å². The number of fused-ring (bicyclic) bond motifs is 6. The predicted molar refractivity (Wildman–Crippen MR) is 253 cm³/mol. The van der Waals surface area contributed by atoms with Crippen LogP contribution < -0.4 is 5.32 Å². The predicted octanol–water partition coefficient (Wildman–Crippen LogP) is 4.73. The summed E-state index contributed by atoms with van der Waals surface area (Å²) < 4.78 is 31.3.